The van der Waals surface area contributed by atoms with E-state index in [1.807, 2.05) is 6.92 Å². The maximum Gasteiger partial charge on any atom is 0.418 e. The lowest BCUT2D eigenvalue weighted by Gasteiger charge is -2.59. The number of benzene rings is 1. The van der Waals surface area contributed by atoms with E-state index in [1.54, 1.807) is 0 Å². The number of amides is 2. The van der Waals surface area contributed by atoms with E-state index in [1.165, 1.54) is 37.5 Å². The number of alkyl halides is 3. The molecule has 0 spiro atoms. The number of hydrogen-bond acceptors (Lipinski definition) is 1. The van der Waals surface area contributed by atoms with Gasteiger partial charge in [0, 0.05) is 6.04 Å². The fourth-order valence-electron chi connectivity index (χ4n) is 6.06. The summed E-state index contributed by atoms with van der Waals surface area (Å²) in [5, 5.41) is 5.36. The highest BCUT2D eigenvalue weighted by Crippen LogP contribution is 2.61. The molecule has 2 amide bonds. The molecule has 4 aliphatic rings. The molecule has 26 heavy (non-hydrogen) atoms. The van der Waals surface area contributed by atoms with Gasteiger partial charge < -0.3 is 10.6 Å². The van der Waals surface area contributed by atoms with Crippen LogP contribution in [0.1, 0.15) is 51.0 Å². The van der Waals surface area contributed by atoms with Gasteiger partial charge in [0.1, 0.15) is 0 Å². The number of hydrogen-bond donors (Lipinski definition) is 2. The van der Waals surface area contributed by atoms with Crippen LogP contribution in [0.2, 0.25) is 0 Å². The quantitative estimate of drug-likeness (QED) is 0.736. The summed E-state index contributed by atoms with van der Waals surface area (Å²) in [6.45, 7) is 2.02. The highest BCUT2D eigenvalue weighted by molar-refractivity contribution is 5.90. The van der Waals surface area contributed by atoms with Crippen LogP contribution in [0, 0.1) is 23.2 Å². The fraction of sp³-hybridized carbons (Fsp3) is 0.650. The van der Waals surface area contributed by atoms with Crippen molar-refractivity contribution in [3.63, 3.8) is 0 Å². The molecule has 4 aliphatic carbocycles. The predicted octanol–water partition coefficient (Wildman–Crippen LogP) is 5.43. The van der Waals surface area contributed by atoms with E-state index in [0.717, 1.165) is 43.1 Å². The second kappa shape index (κ2) is 6.17. The molecule has 0 saturated heterocycles. The van der Waals surface area contributed by atoms with Gasteiger partial charge >= 0.3 is 12.2 Å². The van der Waals surface area contributed by atoms with E-state index in [4.69, 9.17) is 0 Å². The zero-order valence-electron chi connectivity index (χ0n) is 14.9. The Morgan fingerprint density at radius 3 is 2.15 bits per heavy atom. The summed E-state index contributed by atoms with van der Waals surface area (Å²) in [7, 11) is 0. The molecule has 1 aromatic carbocycles. The first-order valence-electron chi connectivity index (χ1n) is 9.49. The molecular weight excluding hydrogens is 341 g/mol. The molecule has 6 heteroatoms. The van der Waals surface area contributed by atoms with Crippen LogP contribution in [0.25, 0.3) is 0 Å². The van der Waals surface area contributed by atoms with Gasteiger partial charge in [0.15, 0.2) is 0 Å². The van der Waals surface area contributed by atoms with Gasteiger partial charge in [-0.3, -0.25) is 0 Å². The third-order valence-electron chi connectivity index (χ3n) is 6.83. The van der Waals surface area contributed by atoms with E-state index in [2.05, 4.69) is 10.6 Å². The van der Waals surface area contributed by atoms with Crippen molar-refractivity contribution in [2.24, 2.45) is 23.2 Å². The molecule has 4 saturated carbocycles. The normalized spacial score (nSPS) is 33.8. The van der Waals surface area contributed by atoms with E-state index in [0.29, 0.717) is 0 Å². The Balaban J connectivity index is 1.45. The second-order valence-electron chi connectivity index (χ2n) is 8.64. The first-order valence-corrected chi connectivity index (χ1v) is 9.49. The van der Waals surface area contributed by atoms with Gasteiger partial charge in [0.25, 0.3) is 0 Å². The summed E-state index contributed by atoms with van der Waals surface area (Å²) < 4.78 is 39.3. The molecule has 4 fully saturated rings. The summed E-state index contributed by atoms with van der Waals surface area (Å²) in [6, 6.07) is 4.51. The van der Waals surface area contributed by atoms with Gasteiger partial charge in [-0.2, -0.15) is 13.2 Å². The van der Waals surface area contributed by atoms with Crippen molar-refractivity contribution in [2.45, 2.75) is 57.7 Å². The number of anilines is 1. The minimum absolute atomic E-state index is 0.0334. The van der Waals surface area contributed by atoms with Crippen molar-refractivity contribution >= 4 is 11.7 Å². The molecule has 4 bridgehead atoms. The summed E-state index contributed by atoms with van der Waals surface area (Å²) in [5.41, 5.74) is -0.900. The van der Waals surface area contributed by atoms with Crippen molar-refractivity contribution in [2.75, 3.05) is 5.32 Å². The van der Waals surface area contributed by atoms with Crippen LogP contribution >= 0.6 is 0 Å². The number of nitrogens with one attached hydrogen (secondary N) is 2. The number of para-hydroxylation sites is 1. The third-order valence-corrected chi connectivity index (χ3v) is 6.83. The Morgan fingerprint density at radius 2 is 1.62 bits per heavy atom. The highest BCUT2D eigenvalue weighted by Gasteiger charge is 2.53. The van der Waals surface area contributed by atoms with Gasteiger partial charge in [-0.25, -0.2) is 4.79 Å². The summed E-state index contributed by atoms with van der Waals surface area (Å²) in [6.07, 6.45) is 2.87. The molecule has 1 aromatic rings. The van der Waals surface area contributed by atoms with Gasteiger partial charge in [0.05, 0.1) is 11.3 Å². The fourth-order valence-corrected chi connectivity index (χ4v) is 6.06. The third kappa shape index (κ3) is 3.19. The number of halogens is 3. The minimum atomic E-state index is -4.49. The number of carbonyl (C=O) groups excluding carboxylic acids is 1. The zero-order valence-corrected chi connectivity index (χ0v) is 14.9. The molecule has 1 atom stereocenters. The second-order valence-corrected chi connectivity index (χ2v) is 8.64. The van der Waals surface area contributed by atoms with Gasteiger partial charge in [0.2, 0.25) is 0 Å². The van der Waals surface area contributed by atoms with Crippen LogP contribution in [-0.2, 0) is 6.18 Å². The number of rotatable bonds is 3. The molecule has 0 radical (unpaired) electrons. The Labute approximate surface area is 151 Å². The van der Waals surface area contributed by atoms with Gasteiger partial charge in [-0.05, 0) is 80.8 Å². The first kappa shape index (κ1) is 17.7. The molecule has 1 unspecified atom stereocenters. The van der Waals surface area contributed by atoms with Crippen molar-refractivity contribution in [1.29, 1.82) is 0 Å². The predicted molar refractivity (Wildman–Crippen MR) is 93.7 cm³/mol. The lowest BCUT2D eigenvalue weighted by atomic mass is 9.48. The van der Waals surface area contributed by atoms with E-state index >= 15 is 0 Å². The van der Waals surface area contributed by atoms with Crippen LogP contribution in [0.3, 0.4) is 0 Å². The molecule has 0 heterocycles. The Hall–Kier alpha value is -1.72. The molecular formula is C20H25F3N2O. The van der Waals surface area contributed by atoms with E-state index in [-0.39, 0.29) is 17.1 Å². The minimum Gasteiger partial charge on any atom is -0.335 e. The Bertz CT molecular complexity index is 665. The van der Waals surface area contributed by atoms with Crippen molar-refractivity contribution in [3.05, 3.63) is 29.8 Å². The lowest BCUT2D eigenvalue weighted by Crippen LogP contribution is -2.56. The van der Waals surface area contributed by atoms with Gasteiger partial charge in [-0.15, -0.1) is 0 Å². The maximum atomic E-state index is 13.1. The smallest absolute Gasteiger partial charge is 0.335 e. The number of urea groups is 1. The SMILES string of the molecule is CC(NC(=O)Nc1ccccc1C(F)(F)F)C12CC3CC(CC(C3)C1)C2. The van der Waals surface area contributed by atoms with Crippen LogP contribution in [-0.4, -0.2) is 12.1 Å². The lowest BCUT2D eigenvalue weighted by molar-refractivity contribution is -0.136. The molecule has 5 rings (SSSR count). The van der Waals surface area contributed by atoms with Gasteiger partial charge in [-0.1, -0.05) is 12.1 Å². The first-order chi connectivity index (χ1) is 12.2. The molecule has 2 N–H and O–H groups in total. The summed E-state index contributed by atoms with van der Waals surface area (Å²) in [5.74, 6) is 2.29. The molecule has 142 valence electrons. The van der Waals surface area contributed by atoms with Crippen molar-refractivity contribution in [3.8, 4) is 0 Å². The Kier molecular flexibility index (Phi) is 4.20. The zero-order chi connectivity index (χ0) is 18.5. The molecule has 3 nitrogen and oxygen atoms in total. The highest BCUT2D eigenvalue weighted by atomic mass is 19.4. The largest absolute Gasteiger partial charge is 0.418 e. The van der Waals surface area contributed by atoms with Crippen molar-refractivity contribution < 1.29 is 18.0 Å². The van der Waals surface area contributed by atoms with E-state index in [9.17, 15) is 18.0 Å². The van der Waals surface area contributed by atoms with Crippen molar-refractivity contribution in [1.82, 2.24) is 5.32 Å². The average molecular weight is 366 g/mol. The monoisotopic (exact) mass is 366 g/mol. The van der Waals surface area contributed by atoms with E-state index < -0.39 is 17.8 Å². The van der Waals surface area contributed by atoms with Crippen LogP contribution in [0.15, 0.2) is 24.3 Å². The van der Waals surface area contributed by atoms with Crippen LogP contribution < -0.4 is 10.6 Å². The topological polar surface area (TPSA) is 41.1 Å². The molecule has 0 aromatic heterocycles. The summed E-state index contributed by atoms with van der Waals surface area (Å²) in [4.78, 5) is 12.4. The number of carbonyl (C=O) groups is 1. The standard InChI is InChI=1S/C20H25F3N2O/c1-12(19-9-13-6-14(10-19)8-15(7-13)11-19)24-18(26)25-17-5-3-2-4-16(17)20(21,22)23/h2-5,12-15H,6-11H2,1H3,(H2,24,25,26). The molecule has 0 aliphatic heterocycles. The Morgan fingerprint density at radius 1 is 1.08 bits per heavy atom. The van der Waals surface area contributed by atoms with Crippen LogP contribution in [0.5, 0.6) is 0 Å². The summed E-state index contributed by atoms with van der Waals surface area (Å²) >= 11 is 0. The van der Waals surface area contributed by atoms with Crippen LogP contribution in [0.4, 0.5) is 23.7 Å². The maximum absolute atomic E-state index is 13.1. The average Bonchev–Trinajstić information content (AvgIpc) is 2.53.